The molecule has 1 fully saturated rings. The molecule has 1 amide bonds. The zero-order valence-corrected chi connectivity index (χ0v) is 20.9. The molecule has 0 spiro atoms. The zero-order valence-electron chi connectivity index (χ0n) is 20.9. The minimum atomic E-state index is -4.54. The second kappa shape index (κ2) is 9.69. The Labute approximate surface area is 222 Å². The maximum Gasteiger partial charge on any atom is 0.416 e. The molecule has 3 aromatic carbocycles. The number of rotatable bonds is 3. The van der Waals surface area contributed by atoms with Crippen LogP contribution in [0.15, 0.2) is 89.9 Å². The number of nitrogens with zero attached hydrogens (tertiary/aromatic N) is 3. The average Bonchev–Trinajstić information content (AvgIpc) is 2.96. The molecule has 196 valence electrons. The van der Waals surface area contributed by atoms with Crippen LogP contribution in [0.4, 0.5) is 13.2 Å². The van der Waals surface area contributed by atoms with Gasteiger partial charge in [0.05, 0.1) is 16.6 Å². The first-order valence-electron chi connectivity index (χ1n) is 12.8. The summed E-state index contributed by atoms with van der Waals surface area (Å²) in [6.45, 7) is 1.55. The molecule has 0 unspecified atom stereocenters. The summed E-state index contributed by atoms with van der Waals surface area (Å²) in [5.41, 5.74) is 2.27. The van der Waals surface area contributed by atoms with Crippen LogP contribution in [0.5, 0.6) is 0 Å². The van der Waals surface area contributed by atoms with Gasteiger partial charge in [-0.15, -0.1) is 0 Å². The maximum atomic E-state index is 13.5. The number of carbonyl (C=O) groups excluding carboxylic acids is 1. The molecule has 0 saturated carbocycles. The lowest BCUT2D eigenvalue weighted by molar-refractivity contribution is -0.137. The fraction of sp³-hybridized carbons (Fsp3) is 0.194. The SMILES string of the molecule is O=C(c1ccc(-c2ccc3ncc4ccc(=O)n(-c5cccc(C(F)(F)F)c5)c4c3c2)cc1)N1CCCCC1. The van der Waals surface area contributed by atoms with Gasteiger partial charge in [-0.05, 0) is 78.9 Å². The number of hydrogen-bond acceptors (Lipinski definition) is 3. The van der Waals surface area contributed by atoms with Crippen LogP contribution in [-0.4, -0.2) is 33.4 Å². The molecule has 5 aromatic rings. The van der Waals surface area contributed by atoms with Crippen molar-refractivity contribution < 1.29 is 18.0 Å². The van der Waals surface area contributed by atoms with Gasteiger partial charge in [-0.25, -0.2) is 0 Å². The lowest BCUT2D eigenvalue weighted by Gasteiger charge is -2.26. The van der Waals surface area contributed by atoms with Gasteiger partial charge < -0.3 is 4.90 Å². The van der Waals surface area contributed by atoms with Gasteiger partial charge in [0.25, 0.3) is 11.5 Å². The Hall–Kier alpha value is -4.46. The van der Waals surface area contributed by atoms with Crippen molar-refractivity contribution in [3.05, 3.63) is 107 Å². The summed E-state index contributed by atoms with van der Waals surface area (Å²) in [4.78, 5) is 32.3. The Morgan fingerprint density at radius 1 is 0.821 bits per heavy atom. The zero-order chi connectivity index (χ0) is 27.1. The molecular weight excluding hydrogens is 503 g/mol. The fourth-order valence-electron chi connectivity index (χ4n) is 5.25. The summed E-state index contributed by atoms with van der Waals surface area (Å²) in [7, 11) is 0. The van der Waals surface area contributed by atoms with Crippen LogP contribution in [-0.2, 0) is 6.18 Å². The maximum absolute atomic E-state index is 13.5. The minimum Gasteiger partial charge on any atom is -0.339 e. The number of piperidine rings is 1. The highest BCUT2D eigenvalue weighted by atomic mass is 19.4. The van der Waals surface area contributed by atoms with Crippen molar-refractivity contribution >= 4 is 27.7 Å². The molecule has 0 bridgehead atoms. The standard InChI is InChI=1S/C31H24F3N3O2/c32-31(33,34)24-5-4-6-25(18-24)37-28(38)14-12-23-19-35-27-13-11-22(17-26(27)29(23)37)20-7-9-21(10-8-20)30(39)36-15-2-1-3-16-36/h4-14,17-19H,1-3,15-16H2. The molecule has 3 heterocycles. The molecule has 1 aliphatic heterocycles. The quantitative estimate of drug-likeness (QED) is 0.241. The van der Waals surface area contributed by atoms with Crippen LogP contribution in [0.2, 0.25) is 0 Å². The number of carbonyl (C=O) groups is 1. The van der Waals surface area contributed by atoms with E-state index in [1.165, 1.54) is 22.8 Å². The van der Waals surface area contributed by atoms with E-state index >= 15 is 0 Å². The summed E-state index contributed by atoms with van der Waals surface area (Å²) >= 11 is 0. The first kappa shape index (κ1) is 24.9. The lowest BCUT2D eigenvalue weighted by atomic mass is 10.00. The lowest BCUT2D eigenvalue weighted by Crippen LogP contribution is -2.35. The first-order valence-corrected chi connectivity index (χ1v) is 12.8. The first-order chi connectivity index (χ1) is 18.8. The number of aromatic nitrogens is 2. The van der Waals surface area contributed by atoms with Gasteiger partial charge in [0.15, 0.2) is 0 Å². The number of likely N-dealkylation sites (tertiary alicyclic amines) is 1. The van der Waals surface area contributed by atoms with Crippen LogP contribution in [0.3, 0.4) is 0 Å². The summed E-state index contributed by atoms with van der Waals surface area (Å²) in [5, 5.41) is 1.26. The number of alkyl halides is 3. The molecule has 0 N–H and O–H groups in total. The van der Waals surface area contributed by atoms with E-state index < -0.39 is 17.3 Å². The fourth-order valence-corrected chi connectivity index (χ4v) is 5.25. The van der Waals surface area contributed by atoms with Crippen molar-refractivity contribution in [3.63, 3.8) is 0 Å². The molecule has 2 aromatic heterocycles. The Balaban J connectivity index is 1.47. The Kier molecular flexibility index (Phi) is 6.17. The second-order valence-corrected chi connectivity index (χ2v) is 9.78. The predicted octanol–water partition coefficient (Wildman–Crippen LogP) is 6.85. The third-order valence-corrected chi connectivity index (χ3v) is 7.26. The van der Waals surface area contributed by atoms with Gasteiger partial charge in [-0.1, -0.05) is 24.3 Å². The Morgan fingerprint density at radius 2 is 1.56 bits per heavy atom. The third-order valence-electron chi connectivity index (χ3n) is 7.26. The highest BCUT2D eigenvalue weighted by molar-refractivity contribution is 6.05. The second-order valence-electron chi connectivity index (χ2n) is 9.78. The number of hydrogen-bond donors (Lipinski definition) is 0. The van der Waals surface area contributed by atoms with Crippen molar-refractivity contribution in [1.82, 2.24) is 14.5 Å². The van der Waals surface area contributed by atoms with E-state index in [1.807, 2.05) is 47.4 Å². The monoisotopic (exact) mass is 527 g/mol. The van der Waals surface area contributed by atoms with E-state index in [4.69, 9.17) is 0 Å². The summed E-state index contributed by atoms with van der Waals surface area (Å²) in [5.74, 6) is 0.0278. The molecule has 0 aliphatic carbocycles. The smallest absolute Gasteiger partial charge is 0.339 e. The normalized spacial score (nSPS) is 14.2. The van der Waals surface area contributed by atoms with Crippen LogP contribution in [0.1, 0.15) is 35.2 Å². The summed E-state index contributed by atoms with van der Waals surface area (Å²) < 4.78 is 41.7. The molecular formula is C31H24F3N3O2. The van der Waals surface area contributed by atoms with Crippen molar-refractivity contribution in [2.75, 3.05) is 13.1 Å². The van der Waals surface area contributed by atoms with Crippen LogP contribution in [0.25, 0.3) is 38.6 Å². The summed E-state index contributed by atoms with van der Waals surface area (Å²) in [6, 6.07) is 20.7. The molecule has 1 saturated heterocycles. The number of amides is 1. The molecule has 39 heavy (non-hydrogen) atoms. The Bertz CT molecular complexity index is 1770. The van der Waals surface area contributed by atoms with Gasteiger partial charge >= 0.3 is 6.18 Å². The number of benzene rings is 3. The molecule has 0 radical (unpaired) electrons. The van der Waals surface area contributed by atoms with E-state index in [-0.39, 0.29) is 11.6 Å². The topological polar surface area (TPSA) is 55.2 Å². The third kappa shape index (κ3) is 4.67. The average molecular weight is 528 g/mol. The van der Waals surface area contributed by atoms with Crippen LogP contribution < -0.4 is 5.56 Å². The highest BCUT2D eigenvalue weighted by Gasteiger charge is 2.30. The van der Waals surface area contributed by atoms with Gasteiger partial charge in [0.2, 0.25) is 0 Å². The van der Waals surface area contributed by atoms with Gasteiger partial charge in [-0.2, -0.15) is 13.2 Å². The van der Waals surface area contributed by atoms with Gasteiger partial charge in [-0.3, -0.25) is 19.1 Å². The van der Waals surface area contributed by atoms with Gasteiger partial charge in [0, 0.05) is 47.4 Å². The van der Waals surface area contributed by atoms with E-state index in [1.54, 1.807) is 12.3 Å². The molecule has 0 atom stereocenters. The van der Waals surface area contributed by atoms with Crippen molar-refractivity contribution in [2.45, 2.75) is 25.4 Å². The summed E-state index contributed by atoms with van der Waals surface area (Å²) in [6.07, 6.45) is 0.267. The van der Waals surface area contributed by atoms with Crippen LogP contribution >= 0.6 is 0 Å². The largest absolute Gasteiger partial charge is 0.416 e. The van der Waals surface area contributed by atoms with E-state index in [0.29, 0.717) is 27.4 Å². The van der Waals surface area contributed by atoms with Crippen molar-refractivity contribution in [3.8, 4) is 16.8 Å². The number of pyridine rings is 2. The predicted molar refractivity (Wildman–Crippen MR) is 145 cm³/mol. The minimum absolute atomic E-state index is 0.0278. The molecule has 8 heteroatoms. The van der Waals surface area contributed by atoms with Crippen LogP contribution in [0, 0.1) is 0 Å². The molecule has 1 aliphatic rings. The van der Waals surface area contributed by atoms with Gasteiger partial charge in [0.1, 0.15) is 0 Å². The van der Waals surface area contributed by atoms with E-state index in [0.717, 1.165) is 55.6 Å². The van der Waals surface area contributed by atoms with E-state index in [2.05, 4.69) is 4.98 Å². The highest BCUT2D eigenvalue weighted by Crippen LogP contribution is 2.33. The molecule has 5 nitrogen and oxygen atoms in total. The Morgan fingerprint density at radius 3 is 2.31 bits per heavy atom. The van der Waals surface area contributed by atoms with E-state index in [9.17, 15) is 22.8 Å². The van der Waals surface area contributed by atoms with Crippen molar-refractivity contribution in [2.24, 2.45) is 0 Å². The number of fused-ring (bicyclic) bond motifs is 3. The molecule has 6 rings (SSSR count). The number of halogens is 3. The van der Waals surface area contributed by atoms with Crippen molar-refractivity contribution in [1.29, 1.82) is 0 Å².